The van der Waals surface area contributed by atoms with Crippen molar-refractivity contribution in [1.82, 2.24) is 10.3 Å². The van der Waals surface area contributed by atoms with Crippen LogP contribution in [0.4, 0.5) is 5.69 Å². The molecule has 5 nitrogen and oxygen atoms in total. The SMILES string of the molecule is CC(=O)NC(CC(=O)Nc1ccc(-c2nccs2)cc1)c1ccccc1. The van der Waals surface area contributed by atoms with Gasteiger partial charge in [0, 0.05) is 29.8 Å². The normalized spacial score (nSPS) is 11.6. The van der Waals surface area contributed by atoms with Crippen LogP contribution in [0.25, 0.3) is 10.6 Å². The van der Waals surface area contributed by atoms with Gasteiger partial charge in [0.1, 0.15) is 5.01 Å². The van der Waals surface area contributed by atoms with Gasteiger partial charge in [-0.15, -0.1) is 11.3 Å². The number of anilines is 1. The van der Waals surface area contributed by atoms with Gasteiger partial charge in [0.2, 0.25) is 11.8 Å². The van der Waals surface area contributed by atoms with Gasteiger partial charge in [-0.3, -0.25) is 9.59 Å². The zero-order chi connectivity index (χ0) is 18.4. The van der Waals surface area contributed by atoms with Crippen molar-refractivity contribution < 1.29 is 9.59 Å². The Balaban J connectivity index is 1.65. The van der Waals surface area contributed by atoms with Crippen LogP contribution in [0.3, 0.4) is 0 Å². The van der Waals surface area contributed by atoms with E-state index in [0.717, 1.165) is 16.1 Å². The van der Waals surface area contributed by atoms with E-state index in [9.17, 15) is 9.59 Å². The number of rotatable bonds is 6. The van der Waals surface area contributed by atoms with Crippen molar-refractivity contribution in [2.45, 2.75) is 19.4 Å². The molecule has 26 heavy (non-hydrogen) atoms. The van der Waals surface area contributed by atoms with E-state index in [4.69, 9.17) is 0 Å². The number of amides is 2. The minimum atomic E-state index is -0.358. The monoisotopic (exact) mass is 365 g/mol. The van der Waals surface area contributed by atoms with Gasteiger partial charge in [-0.25, -0.2) is 4.98 Å². The molecule has 1 unspecified atom stereocenters. The maximum absolute atomic E-state index is 12.4. The lowest BCUT2D eigenvalue weighted by Crippen LogP contribution is -2.29. The zero-order valence-electron chi connectivity index (χ0n) is 14.3. The first kappa shape index (κ1) is 17.8. The van der Waals surface area contributed by atoms with Crippen molar-refractivity contribution in [2.24, 2.45) is 0 Å². The van der Waals surface area contributed by atoms with Gasteiger partial charge in [0.25, 0.3) is 0 Å². The fourth-order valence-corrected chi connectivity index (χ4v) is 3.29. The molecule has 0 spiro atoms. The summed E-state index contributed by atoms with van der Waals surface area (Å²) in [5, 5.41) is 8.58. The third-order valence-electron chi connectivity index (χ3n) is 3.82. The number of benzene rings is 2. The first-order chi connectivity index (χ1) is 12.6. The highest BCUT2D eigenvalue weighted by molar-refractivity contribution is 7.13. The van der Waals surface area contributed by atoms with Crippen LogP contribution < -0.4 is 10.6 Å². The lowest BCUT2D eigenvalue weighted by Gasteiger charge is -2.18. The molecular weight excluding hydrogens is 346 g/mol. The summed E-state index contributed by atoms with van der Waals surface area (Å²) in [5.41, 5.74) is 2.63. The number of nitrogens with one attached hydrogen (secondary N) is 2. The van der Waals surface area contributed by atoms with Crippen LogP contribution in [0.15, 0.2) is 66.2 Å². The van der Waals surface area contributed by atoms with Crippen molar-refractivity contribution in [1.29, 1.82) is 0 Å². The Bertz CT molecular complexity index is 862. The summed E-state index contributed by atoms with van der Waals surface area (Å²) in [7, 11) is 0. The highest BCUT2D eigenvalue weighted by atomic mass is 32.1. The molecule has 3 rings (SSSR count). The van der Waals surface area contributed by atoms with E-state index in [1.54, 1.807) is 17.5 Å². The molecule has 0 fully saturated rings. The predicted molar refractivity (Wildman–Crippen MR) is 104 cm³/mol. The molecule has 2 aromatic carbocycles. The zero-order valence-corrected chi connectivity index (χ0v) is 15.1. The Morgan fingerprint density at radius 1 is 1.08 bits per heavy atom. The summed E-state index contributed by atoms with van der Waals surface area (Å²) in [5.74, 6) is -0.325. The minimum Gasteiger partial charge on any atom is -0.349 e. The minimum absolute atomic E-state index is 0.158. The number of thiazole rings is 1. The van der Waals surface area contributed by atoms with E-state index in [1.165, 1.54) is 6.92 Å². The van der Waals surface area contributed by atoms with E-state index < -0.39 is 0 Å². The second-order valence-corrected chi connectivity index (χ2v) is 6.73. The van der Waals surface area contributed by atoms with Crippen LogP contribution in [-0.4, -0.2) is 16.8 Å². The summed E-state index contributed by atoms with van der Waals surface area (Å²) in [6.45, 7) is 1.45. The van der Waals surface area contributed by atoms with Gasteiger partial charge < -0.3 is 10.6 Å². The fourth-order valence-electron chi connectivity index (χ4n) is 2.64. The van der Waals surface area contributed by atoms with Crippen molar-refractivity contribution in [3.63, 3.8) is 0 Å². The summed E-state index contributed by atoms with van der Waals surface area (Å²) in [6, 6.07) is 16.7. The van der Waals surface area contributed by atoms with E-state index in [-0.39, 0.29) is 24.3 Å². The molecule has 0 aliphatic heterocycles. The highest BCUT2D eigenvalue weighted by Crippen LogP contribution is 2.24. The summed E-state index contributed by atoms with van der Waals surface area (Å²) < 4.78 is 0. The van der Waals surface area contributed by atoms with Gasteiger partial charge in [-0.05, 0) is 29.8 Å². The van der Waals surface area contributed by atoms with Crippen LogP contribution >= 0.6 is 11.3 Å². The van der Waals surface area contributed by atoms with E-state index in [2.05, 4.69) is 15.6 Å². The topological polar surface area (TPSA) is 71.1 Å². The Hall–Kier alpha value is -2.99. The molecule has 1 aromatic heterocycles. The smallest absolute Gasteiger partial charge is 0.226 e. The van der Waals surface area contributed by atoms with Crippen molar-refractivity contribution in [3.05, 3.63) is 71.7 Å². The average molecular weight is 365 g/mol. The molecule has 0 saturated heterocycles. The van der Waals surface area contributed by atoms with E-state index in [0.29, 0.717) is 5.69 Å². The molecule has 0 aliphatic carbocycles. The fraction of sp³-hybridized carbons (Fsp3) is 0.150. The quantitative estimate of drug-likeness (QED) is 0.693. The molecule has 0 bridgehead atoms. The first-order valence-corrected chi connectivity index (χ1v) is 9.11. The molecule has 2 N–H and O–H groups in total. The van der Waals surface area contributed by atoms with Gasteiger partial charge in [0.15, 0.2) is 0 Å². The maximum atomic E-state index is 12.4. The van der Waals surface area contributed by atoms with Crippen molar-refractivity contribution in [3.8, 4) is 10.6 Å². The maximum Gasteiger partial charge on any atom is 0.226 e. The van der Waals surface area contributed by atoms with Crippen LogP contribution in [0, 0.1) is 0 Å². The van der Waals surface area contributed by atoms with Crippen LogP contribution in [0.5, 0.6) is 0 Å². The van der Waals surface area contributed by atoms with E-state index >= 15 is 0 Å². The molecule has 0 aliphatic rings. The van der Waals surface area contributed by atoms with Gasteiger partial charge in [0.05, 0.1) is 12.5 Å². The Kier molecular flexibility index (Phi) is 5.76. The molecule has 0 radical (unpaired) electrons. The van der Waals surface area contributed by atoms with Crippen LogP contribution in [0.1, 0.15) is 24.9 Å². The number of hydrogen-bond donors (Lipinski definition) is 2. The largest absolute Gasteiger partial charge is 0.349 e. The standard InChI is InChI=1S/C20H19N3O2S/c1-14(24)22-18(15-5-3-2-4-6-15)13-19(25)23-17-9-7-16(8-10-17)20-21-11-12-26-20/h2-12,18H,13H2,1H3,(H,22,24)(H,23,25). The molecule has 0 saturated carbocycles. The number of hydrogen-bond acceptors (Lipinski definition) is 4. The Morgan fingerprint density at radius 3 is 2.42 bits per heavy atom. The predicted octanol–water partition coefficient (Wildman–Crippen LogP) is 4.02. The molecular formula is C20H19N3O2S. The number of carbonyl (C=O) groups is 2. The lowest BCUT2D eigenvalue weighted by molar-refractivity contribution is -0.120. The number of aromatic nitrogens is 1. The lowest BCUT2D eigenvalue weighted by atomic mass is 10.0. The first-order valence-electron chi connectivity index (χ1n) is 8.23. The Morgan fingerprint density at radius 2 is 1.81 bits per heavy atom. The second kappa shape index (κ2) is 8.40. The molecule has 132 valence electrons. The Labute approximate surface area is 156 Å². The van der Waals surface area contributed by atoms with Crippen LogP contribution in [0.2, 0.25) is 0 Å². The summed E-state index contributed by atoms with van der Waals surface area (Å²) in [6.07, 6.45) is 1.93. The van der Waals surface area contributed by atoms with Crippen molar-refractivity contribution >= 4 is 28.8 Å². The van der Waals surface area contributed by atoms with Gasteiger partial charge >= 0.3 is 0 Å². The molecule has 3 aromatic rings. The number of carbonyl (C=O) groups excluding carboxylic acids is 2. The molecule has 1 atom stereocenters. The highest BCUT2D eigenvalue weighted by Gasteiger charge is 2.17. The summed E-state index contributed by atoms with van der Waals surface area (Å²) >= 11 is 1.57. The second-order valence-electron chi connectivity index (χ2n) is 5.83. The molecule has 1 heterocycles. The molecule has 6 heteroatoms. The van der Waals surface area contributed by atoms with Gasteiger partial charge in [-0.2, -0.15) is 0 Å². The van der Waals surface area contributed by atoms with Gasteiger partial charge in [-0.1, -0.05) is 30.3 Å². The van der Waals surface area contributed by atoms with Crippen molar-refractivity contribution in [2.75, 3.05) is 5.32 Å². The van der Waals surface area contributed by atoms with Crippen LogP contribution in [-0.2, 0) is 9.59 Å². The third-order valence-corrected chi connectivity index (χ3v) is 4.64. The number of nitrogens with zero attached hydrogens (tertiary/aromatic N) is 1. The third kappa shape index (κ3) is 4.77. The van der Waals surface area contributed by atoms with E-state index in [1.807, 2.05) is 60.0 Å². The molecule has 2 amide bonds. The summed E-state index contributed by atoms with van der Waals surface area (Å²) in [4.78, 5) is 28.2. The average Bonchev–Trinajstić information content (AvgIpc) is 3.17.